The topological polar surface area (TPSA) is 73.6 Å². The highest BCUT2D eigenvalue weighted by molar-refractivity contribution is 9.10. The molecule has 0 saturated carbocycles. The van der Waals surface area contributed by atoms with Gasteiger partial charge in [0.2, 0.25) is 0 Å². The summed E-state index contributed by atoms with van der Waals surface area (Å²) in [5.74, 6) is 0.0688. The maximum atomic E-state index is 12.4. The Kier molecular flexibility index (Phi) is 3.99. The minimum Gasteiger partial charge on any atom is -0.423 e. The molecule has 1 heterocycles. The number of benzene rings is 2. The molecular formula is C16H11BrO5S. The van der Waals surface area contributed by atoms with E-state index < -0.39 is 15.7 Å². The normalized spacial score (nSPS) is 11.6. The Morgan fingerprint density at radius 2 is 1.78 bits per heavy atom. The van der Waals surface area contributed by atoms with E-state index in [0.29, 0.717) is 9.86 Å². The Hall–Kier alpha value is -2.12. The van der Waals surface area contributed by atoms with E-state index >= 15 is 0 Å². The van der Waals surface area contributed by atoms with E-state index in [4.69, 9.17) is 8.60 Å². The van der Waals surface area contributed by atoms with Crippen LogP contribution in [0.25, 0.3) is 11.0 Å². The summed E-state index contributed by atoms with van der Waals surface area (Å²) in [6.45, 7) is 1.85. The van der Waals surface area contributed by atoms with Gasteiger partial charge in [0.15, 0.2) is 0 Å². The van der Waals surface area contributed by atoms with Crippen LogP contribution in [-0.4, -0.2) is 8.42 Å². The molecule has 0 aliphatic heterocycles. The van der Waals surface area contributed by atoms with Crippen LogP contribution in [0.2, 0.25) is 0 Å². The molecule has 23 heavy (non-hydrogen) atoms. The molecule has 0 bridgehead atoms. The van der Waals surface area contributed by atoms with E-state index in [0.717, 1.165) is 5.56 Å². The van der Waals surface area contributed by atoms with Gasteiger partial charge in [0.05, 0.1) is 0 Å². The fourth-order valence-corrected chi connectivity index (χ4v) is 4.14. The maximum absolute atomic E-state index is 12.4. The van der Waals surface area contributed by atoms with Crippen molar-refractivity contribution in [2.45, 2.75) is 11.8 Å². The number of aryl methyl sites for hydroxylation is 1. The molecule has 0 fully saturated rings. The van der Waals surface area contributed by atoms with Crippen molar-refractivity contribution in [2.24, 2.45) is 0 Å². The zero-order valence-electron chi connectivity index (χ0n) is 11.9. The van der Waals surface area contributed by atoms with Crippen molar-refractivity contribution in [3.8, 4) is 5.75 Å². The number of hydrogen-bond donors (Lipinski definition) is 0. The summed E-state index contributed by atoms with van der Waals surface area (Å²) in [6.07, 6.45) is 0. The first-order valence-corrected chi connectivity index (χ1v) is 8.80. The van der Waals surface area contributed by atoms with Gasteiger partial charge in [-0.1, -0.05) is 6.07 Å². The molecule has 0 saturated heterocycles. The van der Waals surface area contributed by atoms with Crippen LogP contribution in [0.1, 0.15) is 5.56 Å². The SMILES string of the molecule is Cc1ccc(S(=O)(=O)Oc2ccc3ccc(=O)oc3c2)c(Br)c1. The van der Waals surface area contributed by atoms with Gasteiger partial charge >= 0.3 is 15.7 Å². The van der Waals surface area contributed by atoms with E-state index in [2.05, 4.69) is 15.9 Å². The maximum Gasteiger partial charge on any atom is 0.340 e. The molecule has 118 valence electrons. The quantitative estimate of drug-likeness (QED) is 0.500. The molecule has 0 aliphatic carbocycles. The van der Waals surface area contributed by atoms with Crippen LogP contribution in [0.5, 0.6) is 5.75 Å². The number of rotatable bonds is 3. The van der Waals surface area contributed by atoms with Crippen LogP contribution in [0.15, 0.2) is 67.1 Å². The lowest BCUT2D eigenvalue weighted by Crippen LogP contribution is -2.10. The number of fused-ring (bicyclic) bond motifs is 1. The molecule has 5 nitrogen and oxygen atoms in total. The van der Waals surface area contributed by atoms with Gasteiger partial charge in [-0.2, -0.15) is 8.42 Å². The Labute approximate surface area is 140 Å². The molecule has 0 spiro atoms. The second kappa shape index (κ2) is 5.82. The smallest absolute Gasteiger partial charge is 0.340 e. The van der Waals surface area contributed by atoms with E-state index in [1.165, 1.54) is 24.3 Å². The zero-order valence-corrected chi connectivity index (χ0v) is 14.3. The average molecular weight is 395 g/mol. The fraction of sp³-hybridized carbons (Fsp3) is 0.0625. The summed E-state index contributed by atoms with van der Waals surface area (Å²) in [5.41, 5.74) is 0.662. The van der Waals surface area contributed by atoms with Gasteiger partial charge in [0.1, 0.15) is 16.2 Å². The van der Waals surface area contributed by atoms with Gasteiger partial charge in [0.25, 0.3) is 0 Å². The lowest BCUT2D eigenvalue weighted by atomic mass is 10.2. The number of halogens is 1. The summed E-state index contributed by atoms with van der Waals surface area (Å²) < 4.78 is 35.4. The van der Waals surface area contributed by atoms with Gasteiger partial charge < -0.3 is 8.60 Å². The average Bonchev–Trinajstić information content (AvgIpc) is 2.45. The third-order valence-corrected chi connectivity index (χ3v) is 5.38. The molecule has 7 heteroatoms. The molecule has 0 N–H and O–H groups in total. The van der Waals surface area contributed by atoms with Crippen LogP contribution in [0, 0.1) is 6.92 Å². The van der Waals surface area contributed by atoms with Crippen molar-refractivity contribution in [3.05, 3.63) is 69.0 Å². The predicted molar refractivity (Wildman–Crippen MR) is 89.2 cm³/mol. The van der Waals surface area contributed by atoms with Gasteiger partial charge in [0, 0.05) is 22.0 Å². The Morgan fingerprint density at radius 3 is 2.52 bits per heavy atom. The molecule has 3 rings (SSSR count). The highest BCUT2D eigenvalue weighted by Crippen LogP contribution is 2.27. The molecule has 0 unspecified atom stereocenters. The van der Waals surface area contributed by atoms with E-state index in [-0.39, 0.29) is 16.2 Å². The Balaban J connectivity index is 2.01. The highest BCUT2D eigenvalue weighted by atomic mass is 79.9. The van der Waals surface area contributed by atoms with Gasteiger partial charge in [-0.25, -0.2) is 4.79 Å². The first-order chi connectivity index (χ1) is 10.8. The highest BCUT2D eigenvalue weighted by Gasteiger charge is 2.20. The van der Waals surface area contributed by atoms with E-state index in [1.54, 1.807) is 24.3 Å². The summed E-state index contributed by atoms with van der Waals surface area (Å²) in [4.78, 5) is 11.3. The van der Waals surface area contributed by atoms with Crippen molar-refractivity contribution in [2.75, 3.05) is 0 Å². The van der Waals surface area contributed by atoms with E-state index in [1.807, 2.05) is 6.92 Å². The molecule has 2 aromatic carbocycles. The van der Waals surface area contributed by atoms with Crippen LogP contribution < -0.4 is 9.81 Å². The molecule has 1 aromatic heterocycles. The monoisotopic (exact) mass is 394 g/mol. The first-order valence-electron chi connectivity index (χ1n) is 6.60. The predicted octanol–water partition coefficient (Wildman–Crippen LogP) is 3.63. The summed E-state index contributed by atoms with van der Waals surface area (Å²) >= 11 is 3.23. The minimum atomic E-state index is -4.01. The third kappa shape index (κ3) is 3.30. The van der Waals surface area contributed by atoms with Crippen LogP contribution in [0.4, 0.5) is 0 Å². The second-order valence-corrected chi connectivity index (χ2v) is 7.29. The van der Waals surface area contributed by atoms with E-state index in [9.17, 15) is 13.2 Å². The molecule has 0 aliphatic rings. The molecule has 0 radical (unpaired) electrons. The zero-order chi connectivity index (χ0) is 16.6. The third-order valence-electron chi connectivity index (χ3n) is 3.16. The van der Waals surface area contributed by atoms with Gasteiger partial charge in [-0.05, 0) is 58.7 Å². The molecule has 0 atom stereocenters. The number of hydrogen-bond acceptors (Lipinski definition) is 5. The second-order valence-electron chi connectivity index (χ2n) is 4.93. The largest absolute Gasteiger partial charge is 0.423 e. The first kappa shape index (κ1) is 15.8. The summed E-state index contributed by atoms with van der Waals surface area (Å²) in [6, 6.07) is 12.2. The lowest BCUT2D eigenvalue weighted by Gasteiger charge is -2.09. The Morgan fingerprint density at radius 1 is 1.04 bits per heavy atom. The van der Waals surface area contributed by atoms with Crippen LogP contribution in [0.3, 0.4) is 0 Å². The minimum absolute atomic E-state index is 0.0257. The summed E-state index contributed by atoms with van der Waals surface area (Å²) in [5, 5.41) is 0.672. The van der Waals surface area contributed by atoms with Crippen molar-refractivity contribution < 1.29 is 17.0 Å². The van der Waals surface area contributed by atoms with Crippen molar-refractivity contribution in [3.63, 3.8) is 0 Å². The van der Waals surface area contributed by atoms with Crippen LogP contribution in [-0.2, 0) is 10.1 Å². The van der Waals surface area contributed by atoms with Gasteiger partial charge in [-0.3, -0.25) is 0 Å². The lowest BCUT2D eigenvalue weighted by molar-refractivity contribution is 0.484. The molecule has 3 aromatic rings. The molecule has 0 amide bonds. The molecular weight excluding hydrogens is 384 g/mol. The van der Waals surface area contributed by atoms with Crippen molar-refractivity contribution in [1.82, 2.24) is 0 Å². The Bertz CT molecular complexity index is 1050. The summed E-state index contributed by atoms with van der Waals surface area (Å²) in [7, 11) is -4.01. The standard InChI is InChI=1S/C16H11BrO5S/c1-10-2-6-15(13(17)8-10)23(19,20)22-12-5-3-11-4-7-16(18)21-14(11)9-12/h2-9H,1H3. The van der Waals surface area contributed by atoms with Crippen LogP contribution >= 0.6 is 15.9 Å². The van der Waals surface area contributed by atoms with Crippen molar-refractivity contribution >= 4 is 37.0 Å². The van der Waals surface area contributed by atoms with Gasteiger partial charge in [-0.15, -0.1) is 0 Å². The van der Waals surface area contributed by atoms with Crippen molar-refractivity contribution in [1.29, 1.82) is 0 Å². The fourth-order valence-electron chi connectivity index (χ4n) is 2.07.